The molecule has 3 heteroatoms. The fourth-order valence-corrected chi connectivity index (χ4v) is 1.54. The van der Waals surface area contributed by atoms with Crippen molar-refractivity contribution in [3.8, 4) is 0 Å². The van der Waals surface area contributed by atoms with E-state index in [0.717, 1.165) is 24.5 Å². The number of nitrogen functional groups attached to an aromatic ring is 1. The van der Waals surface area contributed by atoms with Crippen molar-refractivity contribution in [1.29, 1.82) is 0 Å². The molecule has 1 rings (SSSR count). The molecule has 15 heavy (non-hydrogen) atoms. The van der Waals surface area contributed by atoms with Gasteiger partial charge < -0.3 is 10.6 Å². The Labute approximate surface area is 92.3 Å². The molecule has 0 fully saturated rings. The third-order valence-corrected chi connectivity index (χ3v) is 2.72. The van der Waals surface area contributed by atoms with Gasteiger partial charge in [0.15, 0.2) is 0 Å². The third-order valence-electron chi connectivity index (χ3n) is 2.72. The number of anilines is 2. The van der Waals surface area contributed by atoms with Gasteiger partial charge in [0, 0.05) is 19.3 Å². The van der Waals surface area contributed by atoms with Crippen LogP contribution in [0.25, 0.3) is 0 Å². The summed E-state index contributed by atoms with van der Waals surface area (Å²) in [5.41, 5.74) is 7.58. The molecule has 0 radical (unpaired) electrons. The predicted molar refractivity (Wildman–Crippen MR) is 66.0 cm³/mol. The molecule has 1 atom stereocenters. The third kappa shape index (κ3) is 3.42. The Bertz CT molecular complexity index is 299. The van der Waals surface area contributed by atoms with Crippen molar-refractivity contribution in [2.24, 2.45) is 5.92 Å². The van der Waals surface area contributed by atoms with Gasteiger partial charge in [0.05, 0.1) is 17.6 Å². The molecule has 0 saturated carbocycles. The highest BCUT2D eigenvalue weighted by Gasteiger charge is 2.08. The maximum atomic E-state index is 5.73. The van der Waals surface area contributed by atoms with Gasteiger partial charge in [0.2, 0.25) is 0 Å². The van der Waals surface area contributed by atoms with E-state index >= 15 is 0 Å². The quantitative estimate of drug-likeness (QED) is 0.806. The van der Waals surface area contributed by atoms with Crippen LogP contribution < -0.4 is 10.6 Å². The first-order valence-corrected chi connectivity index (χ1v) is 5.62. The van der Waals surface area contributed by atoms with E-state index in [1.807, 2.05) is 12.3 Å². The summed E-state index contributed by atoms with van der Waals surface area (Å²) in [6.45, 7) is 8.71. The SMILES string of the molecule is CCC(C)CN(CC)c1cncc(N)c1. The van der Waals surface area contributed by atoms with Crippen LogP contribution in [-0.2, 0) is 0 Å². The zero-order chi connectivity index (χ0) is 11.3. The van der Waals surface area contributed by atoms with Gasteiger partial charge in [0.25, 0.3) is 0 Å². The number of nitrogens with two attached hydrogens (primary N) is 1. The molecule has 1 heterocycles. The highest BCUT2D eigenvalue weighted by molar-refractivity contribution is 5.53. The van der Waals surface area contributed by atoms with Crippen LogP contribution in [0.1, 0.15) is 27.2 Å². The lowest BCUT2D eigenvalue weighted by Gasteiger charge is -2.25. The Morgan fingerprint density at radius 2 is 2.13 bits per heavy atom. The van der Waals surface area contributed by atoms with Crippen molar-refractivity contribution in [3.05, 3.63) is 18.5 Å². The monoisotopic (exact) mass is 207 g/mol. The normalized spacial score (nSPS) is 12.5. The summed E-state index contributed by atoms with van der Waals surface area (Å²) in [4.78, 5) is 6.44. The molecule has 0 aliphatic heterocycles. The summed E-state index contributed by atoms with van der Waals surface area (Å²) in [7, 11) is 0. The molecule has 0 bridgehead atoms. The van der Waals surface area contributed by atoms with E-state index in [1.54, 1.807) is 6.20 Å². The van der Waals surface area contributed by atoms with Crippen LogP contribution in [-0.4, -0.2) is 18.1 Å². The highest BCUT2D eigenvalue weighted by atomic mass is 15.1. The van der Waals surface area contributed by atoms with Gasteiger partial charge in [0.1, 0.15) is 0 Å². The highest BCUT2D eigenvalue weighted by Crippen LogP contribution is 2.17. The summed E-state index contributed by atoms with van der Waals surface area (Å²) in [6, 6.07) is 1.98. The van der Waals surface area contributed by atoms with Gasteiger partial charge >= 0.3 is 0 Å². The molecule has 0 amide bonds. The number of nitrogens with zero attached hydrogens (tertiary/aromatic N) is 2. The number of hydrogen-bond acceptors (Lipinski definition) is 3. The zero-order valence-corrected chi connectivity index (χ0v) is 9.90. The Kier molecular flexibility index (Phi) is 4.40. The van der Waals surface area contributed by atoms with Crippen LogP contribution in [0.4, 0.5) is 11.4 Å². The average molecular weight is 207 g/mol. The van der Waals surface area contributed by atoms with Crippen molar-refractivity contribution in [2.75, 3.05) is 23.7 Å². The zero-order valence-electron chi connectivity index (χ0n) is 9.90. The molecule has 1 unspecified atom stereocenters. The summed E-state index contributed by atoms with van der Waals surface area (Å²) < 4.78 is 0. The van der Waals surface area contributed by atoms with Gasteiger partial charge in [-0.05, 0) is 18.9 Å². The molecule has 84 valence electrons. The Morgan fingerprint density at radius 1 is 1.40 bits per heavy atom. The van der Waals surface area contributed by atoms with E-state index in [2.05, 4.69) is 30.7 Å². The van der Waals surface area contributed by atoms with Crippen LogP contribution >= 0.6 is 0 Å². The molecule has 1 aromatic rings. The number of pyridine rings is 1. The molecular weight excluding hydrogens is 186 g/mol. The second-order valence-corrected chi connectivity index (χ2v) is 4.03. The Balaban J connectivity index is 2.73. The van der Waals surface area contributed by atoms with Gasteiger partial charge in [-0.3, -0.25) is 4.98 Å². The Morgan fingerprint density at radius 3 is 2.67 bits per heavy atom. The van der Waals surface area contributed by atoms with Crippen LogP contribution in [0.3, 0.4) is 0 Å². The fourth-order valence-electron chi connectivity index (χ4n) is 1.54. The minimum atomic E-state index is 0.700. The van der Waals surface area contributed by atoms with Crippen LogP contribution in [0.2, 0.25) is 0 Å². The standard InChI is InChI=1S/C12H21N3/c1-4-10(3)9-15(5-2)12-6-11(13)7-14-8-12/h6-8,10H,4-5,9,13H2,1-3H3. The maximum Gasteiger partial charge on any atom is 0.0573 e. The minimum Gasteiger partial charge on any atom is -0.397 e. The number of rotatable bonds is 5. The molecule has 1 aromatic heterocycles. The molecule has 0 aliphatic rings. The number of hydrogen-bond donors (Lipinski definition) is 1. The van der Waals surface area contributed by atoms with E-state index in [9.17, 15) is 0 Å². The number of aromatic nitrogens is 1. The summed E-state index contributed by atoms with van der Waals surface area (Å²) in [6.07, 6.45) is 4.76. The molecular formula is C12H21N3. The van der Waals surface area contributed by atoms with Gasteiger partial charge in [-0.2, -0.15) is 0 Å². The lowest BCUT2D eigenvalue weighted by molar-refractivity contribution is 0.548. The maximum absolute atomic E-state index is 5.73. The van der Waals surface area contributed by atoms with Crippen molar-refractivity contribution in [2.45, 2.75) is 27.2 Å². The Hall–Kier alpha value is -1.25. The lowest BCUT2D eigenvalue weighted by Crippen LogP contribution is -2.28. The van der Waals surface area contributed by atoms with Gasteiger partial charge in [-0.25, -0.2) is 0 Å². The fraction of sp³-hybridized carbons (Fsp3) is 0.583. The molecule has 2 N–H and O–H groups in total. The largest absolute Gasteiger partial charge is 0.397 e. The van der Waals surface area contributed by atoms with Crippen LogP contribution in [0.5, 0.6) is 0 Å². The van der Waals surface area contributed by atoms with Gasteiger partial charge in [-0.15, -0.1) is 0 Å². The topological polar surface area (TPSA) is 42.2 Å². The minimum absolute atomic E-state index is 0.700. The summed E-state index contributed by atoms with van der Waals surface area (Å²) in [5.74, 6) is 0.700. The molecule has 0 spiro atoms. The van der Waals surface area contributed by atoms with Crippen molar-refractivity contribution >= 4 is 11.4 Å². The van der Waals surface area contributed by atoms with Crippen LogP contribution in [0, 0.1) is 5.92 Å². The predicted octanol–water partition coefficient (Wildman–Crippen LogP) is 2.54. The van der Waals surface area contributed by atoms with Crippen molar-refractivity contribution in [3.63, 3.8) is 0 Å². The second kappa shape index (κ2) is 5.59. The van der Waals surface area contributed by atoms with Crippen LogP contribution in [0.15, 0.2) is 18.5 Å². The summed E-state index contributed by atoms with van der Waals surface area (Å²) in [5, 5.41) is 0. The average Bonchev–Trinajstić information content (AvgIpc) is 2.25. The molecule has 0 saturated heterocycles. The van der Waals surface area contributed by atoms with E-state index < -0.39 is 0 Å². The smallest absolute Gasteiger partial charge is 0.0573 e. The van der Waals surface area contributed by atoms with E-state index in [-0.39, 0.29) is 0 Å². The van der Waals surface area contributed by atoms with Crippen molar-refractivity contribution in [1.82, 2.24) is 4.98 Å². The first kappa shape index (κ1) is 11.8. The van der Waals surface area contributed by atoms with Gasteiger partial charge in [-0.1, -0.05) is 20.3 Å². The summed E-state index contributed by atoms with van der Waals surface area (Å²) >= 11 is 0. The molecule has 3 nitrogen and oxygen atoms in total. The molecule has 0 aliphatic carbocycles. The second-order valence-electron chi connectivity index (χ2n) is 4.03. The lowest BCUT2D eigenvalue weighted by atomic mass is 10.1. The molecule has 0 aromatic carbocycles. The first-order valence-electron chi connectivity index (χ1n) is 5.62. The van der Waals surface area contributed by atoms with Crippen molar-refractivity contribution < 1.29 is 0 Å². The first-order chi connectivity index (χ1) is 7.17. The van der Waals surface area contributed by atoms with E-state index in [0.29, 0.717) is 5.92 Å². The van der Waals surface area contributed by atoms with E-state index in [1.165, 1.54) is 6.42 Å². The van der Waals surface area contributed by atoms with E-state index in [4.69, 9.17) is 5.73 Å².